The number of hydrogen-bond donors (Lipinski definition) is 2. The van der Waals surface area contributed by atoms with Crippen LogP contribution in [0.15, 0.2) is 30.3 Å². The number of nitrogen functional groups attached to an aromatic ring is 1. The molecule has 0 atom stereocenters. The van der Waals surface area contributed by atoms with Gasteiger partial charge in [0.1, 0.15) is 11.6 Å². The van der Waals surface area contributed by atoms with E-state index in [1.54, 1.807) is 6.07 Å². The molecule has 0 heterocycles. The van der Waals surface area contributed by atoms with Gasteiger partial charge in [0.25, 0.3) is 0 Å². The van der Waals surface area contributed by atoms with Crippen LogP contribution in [-0.2, 0) is 11.2 Å². The van der Waals surface area contributed by atoms with Crippen molar-refractivity contribution in [2.45, 2.75) is 20.3 Å². The lowest BCUT2D eigenvalue weighted by molar-refractivity contribution is -0.115. The van der Waals surface area contributed by atoms with Gasteiger partial charge < -0.3 is 11.1 Å². The minimum atomic E-state index is -0.731. The molecule has 0 aromatic heterocycles. The number of amides is 1. The number of aryl methyl sites for hydroxylation is 2. The summed E-state index contributed by atoms with van der Waals surface area (Å²) < 4.78 is 27.0. The van der Waals surface area contributed by atoms with Crippen LogP contribution < -0.4 is 11.1 Å². The van der Waals surface area contributed by atoms with Crippen molar-refractivity contribution < 1.29 is 13.6 Å². The first-order valence-electron chi connectivity index (χ1n) is 6.48. The molecule has 0 fully saturated rings. The monoisotopic (exact) mass is 290 g/mol. The summed E-state index contributed by atoms with van der Waals surface area (Å²) in [6.45, 7) is 3.69. The van der Waals surface area contributed by atoms with Crippen molar-refractivity contribution in [1.29, 1.82) is 0 Å². The Morgan fingerprint density at radius 3 is 2.38 bits per heavy atom. The minimum Gasteiger partial charge on any atom is -0.398 e. The van der Waals surface area contributed by atoms with Gasteiger partial charge in [-0.05, 0) is 43.2 Å². The third-order valence-corrected chi connectivity index (χ3v) is 3.29. The maximum absolute atomic E-state index is 13.5. The van der Waals surface area contributed by atoms with Crippen molar-refractivity contribution in [3.63, 3.8) is 0 Å². The zero-order valence-electron chi connectivity index (χ0n) is 11.8. The third-order valence-electron chi connectivity index (χ3n) is 3.29. The molecule has 0 unspecified atom stereocenters. The van der Waals surface area contributed by atoms with E-state index in [-0.39, 0.29) is 12.0 Å². The van der Waals surface area contributed by atoms with E-state index in [2.05, 4.69) is 5.32 Å². The predicted molar refractivity (Wildman–Crippen MR) is 79.0 cm³/mol. The second kappa shape index (κ2) is 5.91. The molecule has 1 amide bonds. The van der Waals surface area contributed by atoms with E-state index >= 15 is 0 Å². The van der Waals surface area contributed by atoms with Crippen LogP contribution in [0.2, 0.25) is 0 Å². The van der Waals surface area contributed by atoms with E-state index in [1.165, 1.54) is 6.07 Å². The number of halogens is 2. The number of nitrogens with two attached hydrogens (primary N) is 1. The quantitative estimate of drug-likeness (QED) is 0.852. The predicted octanol–water partition coefficient (Wildman–Crippen LogP) is 3.35. The van der Waals surface area contributed by atoms with Gasteiger partial charge in [-0.25, -0.2) is 8.78 Å². The molecule has 2 aromatic rings. The molecule has 0 aliphatic heterocycles. The van der Waals surface area contributed by atoms with Gasteiger partial charge in [-0.3, -0.25) is 4.79 Å². The number of hydrogen-bond acceptors (Lipinski definition) is 2. The summed E-state index contributed by atoms with van der Waals surface area (Å²) in [6.07, 6.45) is -0.369. The van der Waals surface area contributed by atoms with Gasteiger partial charge in [0, 0.05) is 16.9 Å². The Morgan fingerprint density at radius 2 is 1.76 bits per heavy atom. The Labute approximate surface area is 121 Å². The first kappa shape index (κ1) is 15.0. The van der Waals surface area contributed by atoms with Crippen molar-refractivity contribution in [3.05, 3.63) is 58.7 Å². The first-order valence-corrected chi connectivity index (χ1v) is 6.48. The Morgan fingerprint density at radius 1 is 1.14 bits per heavy atom. The highest BCUT2D eigenvalue weighted by Gasteiger charge is 2.14. The number of carbonyl (C=O) groups excluding carboxylic acids is 1. The van der Waals surface area contributed by atoms with Crippen molar-refractivity contribution in [3.8, 4) is 0 Å². The zero-order chi connectivity index (χ0) is 15.6. The molecule has 2 aromatic carbocycles. The van der Waals surface area contributed by atoms with Gasteiger partial charge in [-0.1, -0.05) is 12.1 Å². The van der Waals surface area contributed by atoms with Crippen LogP contribution in [0.1, 0.15) is 16.7 Å². The Kier molecular flexibility index (Phi) is 4.21. The molecule has 0 spiro atoms. The van der Waals surface area contributed by atoms with Crippen LogP contribution in [0.3, 0.4) is 0 Å². The molecule has 0 radical (unpaired) electrons. The lowest BCUT2D eigenvalue weighted by Gasteiger charge is -2.11. The lowest BCUT2D eigenvalue weighted by Crippen LogP contribution is -2.17. The number of anilines is 2. The Balaban J connectivity index is 2.18. The van der Waals surface area contributed by atoms with E-state index in [9.17, 15) is 13.6 Å². The molecule has 0 aliphatic rings. The molecule has 2 rings (SSSR count). The Hall–Kier alpha value is -2.43. The summed E-state index contributed by atoms with van der Waals surface area (Å²) in [6, 6.07) is 6.99. The average Bonchev–Trinajstić information content (AvgIpc) is 2.40. The van der Waals surface area contributed by atoms with Crippen LogP contribution in [-0.4, -0.2) is 5.91 Å². The van der Waals surface area contributed by atoms with E-state index < -0.39 is 17.5 Å². The van der Waals surface area contributed by atoms with E-state index in [4.69, 9.17) is 5.73 Å². The maximum Gasteiger partial charge on any atom is 0.229 e. The molecule has 110 valence electrons. The van der Waals surface area contributed by atoms with E-state index in [0.717, 1.165) is 23.3 Å². The smallest absolute Gasteiger partial charge is 0.229 e. The van der Waals surface area contributed by atoms with Gasteiger partial charge in [-0.2, -0.15) is 0 Å². The van der Waals surface area contributed by atoms with Crippen LogP contribution in [0.25, 0.3) is 0 Å². The summed E-state index contributed by atoms with van der Waals surface area (Å²) in [5.41, 5.74) is 8.39. The van der Waals surface area contributed by atoms with Crippen molar-refractivity contribution >= 4 is 17.3 Å². The van der Waals surface area contributed by atoms with Crippen molar-refractivity contribution in [1.82, 2.24) is 0 Å². The second-order valence-corrected chi connectivity index (χ2v) is 4.95. The molecule has 21 heavy (non-hydrogen) atoms. The standard InChI is InChI=1S/C16H16F2N2O/c1-9-6-10(2)15(8-14(9)19)20-16(21)7-11-12(17)4-3-5-13(11)18/h3-6,8H,7,19H2,1-2H3,(H,20,21). The summed E-state index contributed by atoms with van der Waals surface area (Å²) in [5.74, 6) is -1.96. The number of benzene rings is 2. The fourth-order valence-electron chi connectivity index (χ4n) is 2.06. The van der Waals surface area contributed by atoms with Crippen molar-refractivity contribution in [2.75, 3.05) is 11.1 Å². The van der Waals surface area contributed by atoms with Gasteiger partial charge in [0.2, 0.25) is 5.91 Å². The van der Waals surface area contributed by atoms with Crippen LogP contribution in [0.4, 0.5) is 20.2 Å². The molecule has 0 bridgehead atoms. The fourth-order valence-corrected chi connectivity index (χ4v) is 2.06. The molecule has 3 nitrogen and oxygen atoms in total. The molecule has 3 N–H and O–H groups in total. The van der Waals surface area contributed by atoms with Crippen molar-refractivity contribution in [2.24, 2.45) is 0 Å². The normalized spacial score (nSPS) is 10.5. The summed E-state index contributed by atoms with van der Waals surface area (Å²) in [7, 11) is 0. The highest BCUT2D eigenvalue weighted by atomic mass is 19.1. The number of nitrogens with one attached hydrogen (secondary N) is 1. The largest absolute Gasteiger partial charge is 0.398 e. The maximum atomic E-state index is 13.5. The molecule has 5 heteroatoms. The topological polar surface area (TPSA) is 55.1 Å². The van der Waals surface area contributed by atoms with Gasteiger partial charge in [0.05, 0.1) is 6.42 Å². The van der Waals surface area contributed by atoms with Crippen LogP contribution in [0.5, 0.6) is 0 Å². The molecular formula is C16H16F2N2O. The van der Waals surface area contributed by atoms with E-state index in [0.29, 0.717) is 11.4 Å². The number of rotatable bonds is 3. The summed E-state index contributed by atoms with van der Waals surface area (Å²) >= 11 is 0. The summed E-state index contributed by atoms with van der Waals surface area (Å²) in [5, 5.41) is 2.63. The highest BCUT2D eigenvalue weighted by Crippen LogP contribution is 2.22. The number of carbonyl (C=O) groups is 1. The second-order valence-electron chi connectivity index (χ2n) is 4.95. The molecule has 0 saturated heterocycles. The fraction of sp³-hybridized carbons (Fsp3) is 0.188. The molecule has 0 saturated carbocycles. The lowest BCUT2D eigenvalue weighted by atomic mass is 10.1. The summed E-state index contributed by atoms with van der Waals surface area (Å²) in [4.78, 5) is 11.9. The Bertz CT molecular complexity index is 679. The SMILES string of the molecule is Cc1cc(C)c(NC(=O)Cc2c(F)cccc2F)cc1N. The van der Waals surface area contributed by atoms with E-state index in [1.807, 2.05) is 19.9 Å². The zero-order valence-corrected chi connectivity index (χ0v) is 11.8. The molecular weight excluding hydrogens is 274 g/mol. The third kappa shape index (κ3) is 3.37. The average molecular weight is 290 g/mol. The minimum absolute atomic E-state index is 0.243. The molecule has 0 aliphatic carbocycles. The van der Waals surface area contributed by atoms with Crippen LogP contribution in [0, 0.1) is 25.5 Å². The van der Waals surface area contributed by atoms with Gasteiger partial charge in [0.15, 0.2) is 0 Å². The van der Waals surface area contributed by atoms with Gasteiger partial charge in [-0.15, -0.1) is 0 Å². The first-order chi connectivity index (χ1) is 9.88. The highest BCUT2D eigenvalue weighted by molar-refractivity contribution is 5.93. The van der Waals surface area contributed by atoms with Gasteiger partial charge >= 0.3 is 0 Å². The van der Waals surface area contributed by atoms with Crippen LogP contribution >= 0.6 is 0 Å².